The third-order valence-electron chi connectivity index (χ3n) is 3.98. The van der Waals surface area contributed by atoms with E-state index in [9.17, 15) is 8.42 Å². The summed E-state index contributed by atoms with van der Waals surface area (Å²) in [4.78, 5) is 2.24. The molecule has 0 bridgehead atoms. The molecule has 1 aliphatic heterocycles. The summed E-state index contributed by atoms with van der Waals surface area (Å²) < 4.78 is 28.9. The molecule has 7 heteroatoms. The highest BCUT2D eigenvalue weighted by Crippen LogP contribution is 2.29. The monoisotopic (exact) mass is 348 g/mol. The van der Waals surface area contributed by atoms with Crippen LogP contribution in [0.25, 0.3) is 0 Å². The Morgan fingerprint density at radius 1 is 1.36 bits per heavy atom. The highest BCUT2D eigenvalue weighted by molar-refractivity contribution is 7.91. The Labute approximate surface area is 139 Å². The summed E-state index contributed by atoms with van der Waals surface area (Å²) >= 11 is 0. The van der Waals surface area contributed by atoms with Gasteiger partial charge in [-0.15, -0.1) is 12.4 Å². The number of rotatable bonds is 6. The molecule has 0 aromatic heterocycles. The summed E-state index contributed by atoms with van der Waals surface area (Å²) in [6, 6.07) is 8.10. The van der Waals surface area contributed by atoms with Gasteiger partial charge in [-0.1, -0.05) is 25.1 Å². The van der Waals surface area contributed by atoms with E-state index in [2.05, 4.69) is 16.3 Å². The van der Waals surface area contributed by atoms with Crippen molar-refractivity contribution >= 4 is 22.2 Å². The van der Waals surface area contributed by atoms with Gasteiger partial charge >= 0.3 is 0 Å². The minimum Gasteiger partial charge on any atom is -0.496 e. The molecule has 1 unspecified atom stereocenters. The first-order valence-corrected chi connectivity index (χ1v) is 9.17. The van der Waals surface area contributed by atoms with Crippen LogP contribution in [0, 0.1) is 0 Å². The van der Waals surface area contributed by atoms with Crippen LogP contribution in [0.1, 0.15) is 18.5 Å². The van der Waals surface area contributed by atoms with Crippen LogP contribution in [0.4, 0.5) is 0 Å². The molecule has 1 aromatic rings. The molecule has 1 atom stereocenters. The second kappa shape index (κ2) is 8.72. The molecule has 1 saturated heterocycles. The van der Waals surface area contributed by atoms with E-state index < -0.39 is 9.84 Å². The number of hydrogen-bond acceptors (Lipinski definition) is 5. The third-order valence-corrected chi connectivity index (χ3v) is 5.67. The molecular weight excluding hydrogens is 324 g/mol. The van der Waals surface area contributed by atoms with Crippen LogP contribution in [0.2, 0.25) is 0 Å². The van der Waals surface area contributed by atoms with Crippen LogP contribution in [-0.4, -0.2) is 58.1 Å². The number of benzene rings is 1. The van der Waals surface area contributed by atoms with E-state index >= 15 is 0 Å². The van der Waals surface area contributed by atoms with Crippen LogP contribution < -0.4 is 10.1 Å². The fourth-order valence-corrected chi connectivity index (χ4v) is 3.46. The Morgan fingerprint density at radius 2 is 2.09 bits per heavy atom. The lowest BCUT2D eigenvalue weighted by molar-refractivity contribution is 0.168. The quantitative estimate of drug-likeness (QED) is 0.844. The number of nitrogens with one attached hydrogen (secondary N) is 1. The zero-order valence-electron chi connectivity index (χ0n) is 13.1. The smallest absolute Gasteiger partial charge is 0.151 e. The standard InChI is InChI=1S/C15H24N2O3S.ClH/c1-3-21(18,19)11-10-17-9-8-16-12-14(17)13-6-4-5-7-15(13)20-2;/h4-7,14,16H,3,8-12H2,1-2H3;1H. The molecule has 0 spiro atoms. The predicted octanol–water partition coefficient (Wildman–Crippen LogP) is 1.50. The summed E-state index contributed by atoms with van der Waals surface area (Å²) in [7, 11) is -1.27. The second-order valence-corrected chi connectivity index (χ2v) is 7.71. The normalized spacial score (nSPS) is 19.5. The fraction of sp³-hybridized carbons (Fsp3) is 0.600. The topological polar surface area (TPSA) is 58.6 Å². The Hall–Kier alpha value is -0.820. The van der Waals surface area contributed by atoms with Crippen molar-refractivity contribution in [2.75, 3.05) is 44.8 Å². The average molecular weight is 349 g/mol. The molecule has 0 saturated carbocycles. The van der Waals surface area contributed by atoms with Gasteiger partial charge in [-0.05, 0) is 6.07 Å². The van der Waals surface area contributed by atoms with Gasteiger partial charge in [0.2, 0.25) is 0 Å². The van der Waals surface area contributed by atoms with E-state index in [1.54, 1.807) is 14.0 Å². The SMILES string of the molecule is CCS(=O)(=O)CCN1CCNCC1c1ccccc1OC.Cl. The first kappa shape index (κ1) is 19.2. The van der Waals surface area contributed by atoms with Gasteiger partial charge in [-0.2, -0.15) is 0 Å². The molecule has 0 radical (unpaired) electrons. The third kappa shape index (κ3) is 4.84. The van der Waals surface area contributed by atoms with Crippen molar-refractivity contribution in [2.24, 2.45) is 0 Å². The predicted molar refractivity (Wildman–Crippen MR) is 91.8 cm³/mol. The van der Waals surface area contributed by atoms with Gasteiger partial charge in [0.15, 0.2) is 9.84 Å². The second-order valence-electron chi connectivity index (χ2n) is 5.23. The number of para-hydroxylation sites is 1. The molecule has 22 heavy (non-hydrogen) atoms. The molecular formula is C15H25ClN2O3S. The number of halogens is 1. The zero-order valence-corrected chi connectivity index (χ0v) is 14.8. The van der Waals surface area contributed by atoms with E-state index in [4.69, 9.17) is 4.74 Å². The minimum atomic E-state index is -2.93. The molecule has 1 heterocycles. The van der Waals surface area contributed by atoms with Crippen LogP contribution >= 0.6 is 12.4 Å². The van der Waals surface area contributed by atoms with Gasteiger partial charge in [0.05, 0.1) is 18.9 Å². The summed E-state index contributed by atoms with van der Waals surface area (Å²) in [5, 5.41) is 3.38. The number of ether oxygens (including phenoxy) is 1. The van der Waals surface area contributed by atoms with Crippen LogP contribution in [0.5, 0.6) is 5.75 Å². The van der Waals surface area contributed by atoms with Crippen LogP contribution in [0.3, 0.4) is 0 Å². The van der Waals surface area contributed by atoms with Gasteiger partial charge in [0.1, 0.15) is 5.75 Å². The number of methoxy groups -OCH3 is 1. The average Bonchev–Trinajstić information content (AvgIpc) is 2.53. The van der Waals surface area contributed by atoms with E-state index in [1.165, 1.54) is 0 Å². The lowest BCUT2D eigenvalue weighted by Crippen LogP contribution is -2.47. The van der Waals surface area contributed by atoms with Gasteiger partial charge in [0, 0.05) is 37.5 Å². The highest BCUT2D eigenvalue weighted by Gasteiger charge is 2.26. The van der Waals surface area contributed by atoms with E-state index in [0.717, 1.165) is 30.9 Å². The van der Waals surface area contributed by atoms with Crippen molar-refractivity contribution < 1.29 is 13.2 Å². The maximum atomic E-state index is 11.7. The Balaban J connectivity index is 0.00000242. The van der Waals surface area contributed by atoms with Crippen molar-refractivity contribution in [2.45, 2.75) is 13.0 Å². The molecule has 1 N–H and O–H groups in total. The van der Waals surface area contributed by atoms with Crippen molar-refractivity contribution in [3.05, 3.63) is 29.8 Å². The number of piperazine rings is 1. The molecule has 1 aromatic carbocycles. The van der Waals surface area contributed by atoms with Gasteiger partial charge in [-0.25, -0.2) is 8.42 Å². The maximum absolute atomic E-state index is 11.7. The largest absolute Gasteiger partial charge is 0.496 e. The van der Waals surface area contributed by atoms with Gasteiger partial charge in [0.25, 0.3) is 0 Å². The van der Waals surface area contributed by atoms with Crippen LogP contribution in [0.15, 0.2) is 24.3 Å². The first-order chi connectivity index (χ1) is 10.1. The molecule has 2 rings (SSSR count). The summed E-state index contributed by atoms with van der Waals surface area (Å²) in [5.74, 6) is 1.28. The molecule has 0 amide bonds. The number of hydrogen-bond donors (Lipinski definition) is 1. The van der Waals surface area contributed by atoms with Crippen LogP contribution in [-0.2, 0) is 9.84 Å². The summed E-state index contributed by atoms with van der Waals surface area (Å²) in [5.41, 5.74) is 1.11. The molecule has 1 fully saturated rings. The van der Waals surface area contributed by atoms with E-state index in [1.807, 2.05) is 18.2 Å². The zero-order chi connectivity index (χ0) is 15.3. The van der Waals surface area contributed by atoms with Gasteiger partial charge < -0.3 is 10.1 Å². The number of nitrogens with zero attached hydrogens (tertiary/aromatic N) is 1. The lowest BCUT2D eigenvalue weighted by Gasteiger charge is -2.37. The van der Waals surface area contributed by atoms with E-state index in [0.29, 0.717) is 6.54 Å². The Kier molecular flexibility index (Phi) is 7.62. The maximum Gasteiger partial charge on any atom is 0.151 e. The molecule has 1 aliphatic rings. The Bertz CT molecular complexity index is 566. The molecule has 0 aliphatic carbocycles. The number of sulfone groups is 1. The first-order valence-electron chi connectivity index (χ1n) is 7.35. The van der Waals surface area contributed by atoms with E-state index in [-0.39, 0.29) is 30.0 Å². The Morgan fingerprint density at radius 3 is 2.77 bits per heavy atom. The van der Waals surface area contributed by atoms with Crippen molar-refractivity contribution in [3.63, 3.8) is 0 Å². The van der Waals surface area contributed by atoms with Crippen molar-refractivity contribution in [1.29, 1.82) is 0 Å². The fourth-order valence-electron chi connectivity index (χ4n) is 2.66. The van der Waals surface area contributed by atoms with Crippen molar-refractivity contribution in [1.82, 2.24) is 10.2 Å². The summed E-state index contributed by atoms with van der Waals surface area (Å²) in [6.07, 6.45) is 0. The minimum absolute atomic E-state index is 0. The van der Waals surface area contributed by atoms with Crippen molar-refractivity contribution in [3.8, 4) is 5.75 Å². The molecule has 5 nitrogen and oxygen atoms in total. The van der Waals surface area contributed by atoms with Gasteiger partial charge in [-0.3, -0.25) is 4.90 Å². The summed E-state index contributed by atoms with van der Waals surface area (Å²) in [6.45, 7) is 4.82. The highest BCUT2D eigenvalue weighted by atomic mass is 35.5. The molecule has 126 valence electrons. The lowest BCUT2D eigenvalue weighted by atomic mass is 10.0.